The molecule has 2 heterocycles. The number of anilines is 2. The number of nitrogens with zero attached hydrogens (tertiary/aromatic N) is 4. The molecule has 4 rings (SSSR count). The quantitative estimate of drug-likeness (QED) is 0.0661. The second kappa shape index (κ2) is 24.8. The zero-order valence-electron chi connectivity index (χ0n) is 33.9. The smallest absolute Gasteiger partial charge is 0.350 e. The Morgan fingerprint density at radius 3 is 1.79 bits per heavy atom. The lowest BCUT2D eigenvalue weighted by molar-refractivity contribution is -0.132. The van der Waals surface area contributed by atoms with Gasteiger partial charge in [-0.25, -0.2) is 4.79 Å². The zero-order chi connectivity index (χ0) is 41.5. The molecule has 0 spiro atoms. The first kappa shape index (κ1) is 45.0. The highest BCUT2D eigenvalue weighted by atomic mass is 16.5. The number of fused-ring (bicyclic) bond motifs is 2. The predicted octanol–water partition coefficient (Wildman–Crippen LogP) is 7.02. The standard InChI is InChI=1S/C46H58N4O8/c1-2-3-4-5-6-7-8-9-10-11-12-13-14-15-16-19-29-48-41-24-18-17-22-37(41)26-27-38-30-36(25-28-42(38)48)21-20-23-39-44(53)49(32-57-34-51)43(40(31-47)46(55)56)50(45(39)54)33-58-35-52/h17-18,20-25,28,30,34-35H,2-16,19,26-27,29,32-33H2,1H3,(H,55,56)/b21-20+,39-23?,43-40?. The molecule has 310 valence electrons. The maximum absolute atomic E-state index is 13.5. The fraction of sp³-hybridized carbons (Fsp3) is 0.478. The van der Waals surface area contributed by atoms with Crippen molar-refractivity contribution in [1.29, 1.82) is 5.26 Å². The third-order valence-electron chi connectivity index (χ3n) is 10.7. The Hall–Kier alpha value is -5.70. The number of hydrogen-bond donors (Lipinski definition) is 1. The lowest BCUT2D eigenvalue weighted by Gasteiger charge is -2.27. The number of unbranched alkanes of at least 4 members (excludes halogenated alkanes) is 15. The number of carbonyl (C=O) groups is 3. The first-order valence-electron chi connectivity index (χ1n) is 20.8. The molecule has 3 aromatic rings. The normalized spacial score (nSPS) is 12.0. The summed E-state index contributed by atoms with van der Waals surface area (Å²) in [7, 11) is 0. The molecule has 0 radical (unpaired) electrons. The first-order chi connectivity index (χ1) is 28.4. The fourth-order valence-electron chi connectivity index (χ4n) is 7.65. The molecule has 0 unspecified atom stereocenters. The van der Waals surface area contributed by atoms with Gasteiger partial charge < -0.3 is 19.5 Å². The van der Waals surface area contributed by atoms with Crippen LogP contribution >= 0.6 is 0 Å². The van der Waals surface area contributed by atoms with E-state index in [1.54, 1.807) is 6.08 Å². The summed E-state index contributed by atoms with van der Waals surface area (Å²) in [5, 5.41) is 18.7. The molecule has 2 aromatic carbocycles. The van der Waals surface area contributed by atoms with Crippen LogP contribution in [0.1, 0.15) is 126 Å². The maximum Gasteiger partial charge on any atom is 0.350 e. The van der Waals surface area contributed by atoms with Gasteiger partial charge in [-0.1, -0.05) is 140 Å². The Balaban J connectivity index is 1.45. The summed E-state index contributed by atoms with van der Waals surface area (Å²) in [6, 6.07) is 16.2. The summed E-state index contributed by atoms with van der Waals surface area (Å²) in [6.07, 6.45) is 27.4. The van der Waals surface area contributed by atoms with E-state index in [2.05, 4.69) is 48.2 Å². The molecule has 12 nitrogen and oxygen atoms in total. The second-order valence-corrected chi connectivity index (χ2v) is 14.8. The Kier molecular flexibility index (Phi) is 19.3. The number of nitriles is 1. The van der Waals surface area contributed by atoms with Crippen LogP contribution in [-0.2, 0) is 50.2 Å². The van der Waals surface area contributed by atoms with Gasteiger partial charge in [0.25, 0.3) is 24.1 Å². The van der Waals surface area contributed by atoms with Crippen LogP contribution in [0.15, 0.2) is 58.1 Å². The molecule has 0 aliphatic carbocycles. The van der Waals surface area contributed by atoms with Crippen molar-refractivity contribution in [2.75, 3.05) is 11.4 Å². The number of carbonyl (C=O) groups excluding carboxylic acids is 2. The number of aromatic nitrogens is 2. The van der Waals surface area contributed by atoms with Crippen molar-refractivity contribution in [3.8, 4) is 6.07 Å². The molecule has 0 atom stereocenters. The molecule has 0 saturated carbocycles. The number of ether oxygens (including phenoxy) is 2. The fourth-order valence-corrected chi connectivity index (χ4v) is 7.65. The largest absolute Gasteiger partial charge is 0.477 e. The molecule has 0 saturated heterocycles. The van der Waals surface area contributed by atoms with E-state index in [1.165, 1.54) is 131 Å². The lowest BCUT2D eigenvalue weighted by atomic mass is 10.0. The average molecular weight is 795 g/mol. The molecule has 0 amide bonds. The van der Waals surface area contributed by atoms with E-state index >= 15 is 0 Å². The van der Waals surface area contributed by atoms with E-state index in [1.807, 2.05) is 6.07 Å². The van der Waals surface area contributed by atoms with E-state index in [4.69, 9.17) is 9.47 Å². The number of benzene rings is 2. The monoisotopic (exact) mass is 794 g/mol. The van der Waals surface area contributed by atoms with E-state index < -0.39 is 46.8 Å². The Labute approximate surface area is 340 Å². The van der Waals surface area contributed by atoms with Gasteiger partial charge in [0, 0.05) is 17.9 Å². The van der Waals surface area contributed by atoms with Crippen LogP contribution in [0.2, 0.25) is 0 Å². The number of carboxylic acids is 1. The lowest BCUT2D eigenvalue weighted by Crippen LogP contribution is -2.59. The van der Waals surface area contributed by atoms with Crippen molar-refractivity contribution in [3.05, 3.63) is 96.6 Å². The predicted molar refractivity (Wildman–Crippen MR) is 226 cm³/mol. The molecule has 58 heavy (non-hydrogen) atoms. The zero-order valence-corrected chi connectivity index (χ0v) is 33.9. The van der Waals surface area contributed by atoms with Gasteiger partial charge in [0.2, 0.25) is 0 Å². The molecule has 1 aliphatic rings. The third kappa shape index (κ3) is 12.9. The van der Waals surface area contributed by atoms with Gasteiger partial charge in [0.15, 0.2) is 19.0 Å². The SMILES string of the molecule is CCCCCCCCCCCCCCCCCCN1c2ccccc2CCc2cc(/C=C/C=c3c(=O)n(COC=O)c(=C(C#N)C(=O)O)n(COC=O)c3=O)ccc21. The van der Waals surface area contributed by atoms with Crippen molar-refractivity contribution in [3.63, 3.8) is 0 Å². The van der Waals surface area contributed by atoms with Crippen molar-refractivity contribution in [2.24, 2.45) is 0 Å². The Morgan fingerprint density at radius 1 is 0.741 bits per heavy atom. The van der Waals surface area contributed by atoms with Gasteiger partial charge >= 0.3 is 5.97 Å². The van der Waals surface area contributed by atoms with Gasteiger partial charge in [-0.3, -0.25) is 28.3 Å². The Bertz CT molecular complexity index is 2090. The summed E-state index contributed by atoms with van der Waals surface area (Å²) in [4.78, 5) is 63.3. The summed E-state index contributed by atoms with van der Waals surface area (Å²) < 4.78 is 10.8. The summed E-state index contributed by atoms with van der Waals surface area (Å²) in [5.41, 5.74) is 2.00. The first-order valence-corrected chi connectivity index (χ1v) is 20.8. The molecule has 12 heteroatoms. The summed E-state index contributed by atoms with van der Waals surface area (Å²) in [5.74, 6) is -1.74. The van der Waals surface area contributed by atoms with Gasteiger partial charge in [-0.05, 0) is 60.2 Å². The van der Waals surface area contributed by atoms with Crippen LogP contribution in [0.5, 0.6) is 0 Å². The molecule has 1 N–H and O–H groups in total. The minimum atomic E-state index is -1.74. The van der Waals surface area contributed by atoms with E-state index in [9.17, 15) is 34.3 Å². The van der Waals surface area contributed by atoms with Gasteiger partial charge in [0.1, 0.15) is 16.8 Å². The van der Waals surface area contributed by atoms with E-state index in [0.717, 1.165) is 37.1 Å². The highest BCUT2D eigenvalue weighted by Gasteiger charge is 2.21. The van der Waals surface area contributed by atoms with Gasteiger partial charge in [0.05, 0.1) is 0 Å². The van der Waals surface area contributed by atoms with Gasteiger partial charge in [-0.2, -0.15) is 5.26 Å². The number of rotatable bonds is 26. The minimum absolute atomic E-state index is 0.0305. The van der Waals surface area contributed by atoms with Crippen LogP contribution in [0.25, 0.3) is 17.7 Å². The average Bonchev–Trinajstić information content (AvgIpc) is 3.38. The highest BCUT2D eigenvalue weighted by molar-refractivity contribution is 6.13. The number of hydrogen-bond acceptors (Lipinski definition) is 9. The van der Waals surface area contributed by atoms with Gasteiger partial charge in [-0.15, -0.1) is 0 Å². The van der Waals surface area contributed by atoms with Crippen molar-refractivity contribution in [2.45, 2.75) is 136 Å². The highest BCUT2D eigenvalue weighted by Crippen LogP contribution is 2.37. The molecule has 0 fully saturated rings. The van der Waals surface area contributed by atoms with E-state index in [0.29, 0.717) is 9.13 Å². The molecule has 1 aromatic heterocycles. The van der Waals surface area contributed by atoms with Crippen molar-refractivity contribution >= 4 is 48.0 Å². The number of allylic oxidation sites excluding steroid dienone is 1. The van der Waals surface area contributed by atoms with Crippen molar-refractivity contribution < 1.29 is 29.0 Å². The number of carboxylic acid groups (broad SMARTS) is 1. The van der Waals surface area contributed by atoms with Crippen molar-refractivity contribution in [1.82, 2.24) is 9.13 Å². The van der Waals surface area contributed by atoms with Crippen LogP contribution in [0, 0.1) is 11.3 Å². The second-order valence-electron chi connectivity index (χ2n) is 14.8. The summed E-state index contributed by atoms with van der Waals surface area (Å²) >= 11 is 0. The molecule has 1 aliphatic heterocycles. The molecular formula is C46H58N4O8. The van der Waals surface area contributed by atoms with Crippen LogP contribution < -0.4 is 26.7 Å². The Morgan fingerprint density at radius 2 is 1.26 bits per heavy atom. The minimum Gasteiger partial charge on any atom is -0.477 e. The third-order valence-corrected chi connectivity index (χ3v) is 10.7. The number of para-hydroxylation sites is 1. The number of aryl methyl sites for hydroxylation is 2. The maximum atomic E-state index is 13.5. The van der Waals surface area contributed by atoms with Crippen LogP contribution in [0.3, 0.4) is 0 Å². The van der Waals surface area contributed by atoms with Crippen LogP contribution in [-0.4, -0.2) is 39.7 Å². The van der Waals surface area contributed by atoms with Crippen LogP contribution in [0.4, 0.5) is 11.4 Å². The van der Waals surface area contributed by atoms with E-state index in [-0.39, 0.29) is 12.9 Å². The summed E-state index contributed by atoms with van der Waals surface area (Å²) in [6.45, 7) is 1.64. The molecular weight excluding hydrogens is 737 g/mol. The molecule has 0 bridgehead atoms. The topological polar surface area (TPSA) is 161 Å². The number of aliphatic carboxylic acids is 1.